The number of aromatic nitrogens is 1. The average Bonchev–Trinajstić information content (AvgIpc) is 2.95. The lowest BCUT2D eigenvalue weighted by Crippen LogP contribution is -2.12. The first-order valence-corrected chi connectivity index (χ1v) is 10.2. The molecule has 0 saturated heterocycles. The van der Waals surface area contributed by atoms with Crippen LogP contribution in [0.4, 0.5) is 5.13 Å². The average molecular weight is 358 g/mol. The number of anilines is 1. The summed E-state index contributed by atoms with van der Waals surface area (Å²) in [6.07, 6.45) is 2.62. The first-order chi connectivity index (χ1) is 11.5. The molecule has 124 valence electrons. The van der Waals surface area contributed by atoms with Crippen molar-refractivity contribution in [2.24, 2.45) is 0 Å². The molecule has 0 aliphatic carbocycles. The van der Waals surface area contributed by atoms with Crippen molar-refractivity contribution >= 4 is 43.4 Å². The van der Waals surface area contributed by atoms with E-state index in [9.17, 15) is 9.00 Å². The lowest BCUT2D eigenvalue weighted by atomic mass is 10.1. The Kier molecular flexibility index (Phi) is 5.06. The third-order valence-electron chi connectivity index (χ3n) is 3.64. The summed E-state index contributed by atoms with van der Waals surface area (Å²) < 4.78 is 12.4. The fraction of sp³-hybridized carbons (Fsp3) is 0.222. The highest BCUT2D eigenvalue weighted by atomic mass is 32.2. The molecule has 0 bridgehead atoms. The van der Waals surface area contributed by atoms with E-state index in [4.69, 9.17) is 0 Å². The van der Waals surface area contributed by atoms with Crippen molar-refractivity contribution < 1.29 is 9.00 Å². The van der Waals surface area contributed by atoms with Gasteiger partial charge < -0.3 is 0 Å². The Morgan fingerprint density at radius 1 is 1.21 bits per heavy atom. The van der Waals surface area contributed by atoms with E-state index in [1.165, 1.54) is 16.9 Å². The molecule has 24 heavy (non-hydrogen) atoms. The lowest BCUT2D eigenvalue weighted by molar-refractivity contribution is 0.102. The minimum absolute atomic E-state index is 0.200. The number of nitrogens with zero attached hydrogens (tertiary/aromatic N) is 1. The molecular weight excluding hydrogens is 340 g/mol. The summed E-state index contributed by atoms with van der Waals surface area (Å²) >= 11 is 1.47. The Morgan fingerprint density at radius 2 is 2.04 bits per heavy atom. The van der Waals surface area contributed by atoms with Gasteiger partial charge in [-0.25, -0.2) is 4.98 Å². The number of nitrogens with one attached hydrogen (secondary N) is 1. The van der Waals surface area contributed by atoms with Crippen LogP contribution >= 0.6 is 11.3 Å². The monoisotopic (exact) mass is 358 g/mol. The van der Waals surface area contributed by atoms with Gasteiger partial charge in [-0.15, -0.1) is 0 Å². The normalized spacial score (nSPS) is 12.2. The predicted molar refractivity (Wildman–Crippen MR) is 101 cm³/mol. The van der Waals surface area contributed by atoms with Crippen LogP contribution in [0.25, 0.3) is 10.2 Å². The van der Waals surface area contributed by atoms with Crippen molar-refractivity contribution in [2.75, 3.05) is 11.6 Å². The van der Waals surface area contributed by atoms with Gasteiger partial charge in [0.1, 0.15) is 0 Å². The number of aryl methyl sites for hydroxylation is 1. The van der Waals surface area contributed by atoms with E-state index in [2.05, 4.69) is 29.4 Å². The topological polar surface area (TPSA) is 59.1 Å². The quantitative estimate of drug-likeness (QED) is 0.750. The Bertz CT molecular complexity index is 918. The van der Waals surface area contributed by atoms with Crippen LogP contribution in [0.1, 0.15) is 28.4 Å². The molecule has 0 radical (unpaired) electrons. The fourth-order valence-corrected chi connectivity index (χ4v) is 4.02. The Labute approximate surface area is 147 Å². The highest BCUT2D eigenvalue weighted by Crippen LogP contribution is 2.27. The maximum absolute atomic E-state index is 12.4. The minimum atomic E-state index is -0.932. The van der Waals surface area contributed by atoms with E-state index < -0.39 is 10.8 Å². The fourth-order valence-electron chi connectivity index (χ4n) is 2.45. The predicted octanol–water partition coefficient (Wildman–Crippen LogP) is 3.99. The summed E-state index contributed by atoms with van der Waals surface area (Å²) in [5.41, 5.74) is 3.58. The Morgan fingerprint density at radius 3 is 2.79 bits per heavy atom. The van der Waals surface area contributed by atoms with Crippen molar-refractivity contribution in [2.45, 2.75) is 19.1 Å². The van der Waals surface area contributed by atoms with E-state index in [0.717, 1.165) is 22.2 Å². The number of thiazole rings is 1. The van der Waals surface area contributed by atoms with Crippen LogP contribution in [0.5, 0.6) is 0 Å². The molecule has 1 unspecified atom stereocenters. The Hall–Kier alpha value is -2.05. The zero-order chi connectivity index (χ0) is 17.1. The molecule has 1 atom stereocenters. The van der Waals surface area contributed by atoms with Gasteiger partial charge >= 0.3 is 0 Å². The number of carbonyl (C=O) groups excluding carboxylic acids is 1. The molecule has 3 aromatic rings. The van der Waals surface area contributed by atoms with E-state index in [0.29, 0.717) is 16.4 Å². The molecular formula is C18H18N2O2S2. The second-order valence-electron chi connectivity index (χ2n) is 5.55. The van der Waals surface area contributed by atoms with Gasteiger partial charge in [0.05, 0.1) is 10.2 Å². The van der Waals surface area contributed by atoms with Gasteiger partial charge in [0.2, 0.25) is 0 Å². The maximum Gasteiger partial charge on any atom is 0.257 e. The van der Waals surface area contributed by atoms with Crippen molar-refractivity contribution in [3.8, 4) is 0 Å². The van der Waals surface area contributed by atoms with Crippen LogP contribution in [-0.4, -0.2) is 21.4 Å². The summed E-state index contributed by atoms with van der Waals surface area (Å²) in [4.78, 5) is 16.9. The molecule has 2 aromatic carbocycles. The van der Waals surface area contributed by atoms with Crippen molar-refractivity contribution in [3.05, 3.63) is 59.2 Å². The van der Waals surface area contributed by atoms with Gasteiger partial charge in [-0.05, 0) is 41.8 Å². The van der Waals surface area contributed by atoms with Crippen LogP contribution in [0, 0.1) is 0 Å². The molecule has 0 saturated carbocycles. The molecule has 1 amide bonds. The molecule has 0 spiro atoms. The summed E-state index contributed by atoms with van der Waals surface area (Å²) in [6.45, 7) is 2.11. The molecule has 0 aliphatic heterocycles. The van der Waals surface area contributed by atoms with Crippen molar-refractivity contribution in [3.63, 3.8) is 0 Å². The molecule has 4 nitrogen and oxygen atoms in total. The number of hydrogen-bond donors (Lipinski definition) is 1. The first-order valence-electron chi connectivity index (χ1n) is 7.65. The minimum Gasteiger partial charge on any atom is -0.298 e. The number of fused-ring (bicyclic) bond motifs is 1. The highest BCUT2D eigenvalue weighted by molar-refractivity contribution is 7.83. The van der Waals surface area contributed by atoms with Crippen molar-refractivity contribution in [1.29, 1.82) is 0 Å². The van der Waals surface area contributed by atoms with Gasteiger partial charge in [0.15, 0.2) is 5.13 Å². The van der Waals surface area contributed by atoms with E-state index in [1.807, 2.05) is 18.2 Å². The van der Waals surface area contributed by atoms with Gasteiger partial charge in [-0.2, -0.15) is 0 Å². The second kappa shape index (κ2) is 7.23. The summed E-state index contributed by atoms with van der Waals surface area (Å²) in [6, 6.07) is 13.4. The maximum atomic E-state index is 12.4. The van der Waals surface area contributed by atoms with Gasteiger partial charge in [0, 0.05) is 28.4 Å². The summed E-state index contributed by atoms with van der Waals surface area (Å²) in [5, 5.41) is 3.45. The van der Waals surface area contributed by atoms with Gasteiger partial charge in [0.25, 0.3) is 5.91 Å². The highest BCUT2D eigenvalue weighted by Gasteiger charge is 2.11. The molecule has 1 aromatic heterocycles. The molecule has 0 aliphatic rings. The molecule has 0 fully saturated rings. The molecule has 1 heterocycles. The van der Waals surface area contributed by atoms with Gasteiger partial charge in [-0.3, -0.25) is 14.3 Å². The van der Waals surface area contributed by atoms with Crippen LogP contribution in [0.3, 0.4) is 0 Å². The SMILES string of the molecule is CCc1ccc2nc(NC(=O)c3cccc(CS(C)=O)c3)sc2c1. The number of benzene rings is 2. The number of amides is 1. The van der Waals surface area contributed by atoms with E-state index in [-0.39, 0.29) is 5.91 Å². The van der Waals surface area contributed by atoms with Crippen LogP contribution < -0.4 is 5.32 Å². The summed E-state index contributed by atoms with van der Waals surface area (Å²) in [5.74, 6) is 0.246. The van der Waals surface area contributed by atoms with Crippen molar-refractivity contribution in [1.82, 2.24) is 4.98 Å². The summed E-state index contributed by atoms with van der Waals surface area (Å²) in [7, 11) is -0.932. The number of carbonyl (C=O) groups is 1. The van der Waals surface area contributed by atoms with E-state index >= 15 is 0 Å². The van der Waals surface area contributed by atoms with Crippen LogP contribution in [0.15, 0.2) is 42.5 Å². The zero-order valence-corrected chi connectivity index (χ0v) is 15.2. The zero-order valence-electron chi connectivity index (χ0n) is 13.5. The third-order valence-corrected chi connectivity index (χ3v) is 5.31. The second-order valence-corrected chi connectivity index (χ2v) is 8.01. The molecule has 1 N–H and O–H groups in total. The number of hydrogen-bond acceptors (Lipinski definition) is 4. The van der Waals surface area contributed by atoms with Gasteiger partial charge in [-0.1, -0.05) is 36.5 Å². The lowest BCUT2D eigenvalue weighted by Gasteiger charge is -2.04. The standard InChI is InChI=1S/C18H18N2O2S2/c1-3-12-7-8-15-16(10-12)23-18(19-15)20-17(21)14-6-4-5-13(9-14)11-24(2)22/h4-10H,3,11H2,1-2H3,(H,19,20,21). The number of rotatable bonds is 5. The largest absolute Gasteiger partial charge is 0.298 e. The molecule has 6 heteroatoms. The first kappa shape index (κ1) is 16.8. The van der Waals surface area contributed by atoms with E-state index in [1.54, 1.807) is 18.4 Å². The van der Waals surface area contributed by atoms with Crippen LogP contribution in [-0.2, 0) is 23.0 Å². The Balaban J connectivity index is 1.80. The smallest absolute Gasteiger partial charge is 0.257 e. The third kappa shape index (κ3) is 3.88. The molecule has 3 rings (SSSR count). The van der Waals surface area contributed by atoms with Crippen LogP contribution in [0.2, 0.25) is 0 Å².